The summed E-state index contributed by atoms with van der Waals surface area (Å²) in [5.41, 5.74) is 22.9. The van der Waals surface area contributed by atoms with Gasteiger partial charge in [-0.1, -0.05) is 285 Å². The van der Waals surface area contributed by atoms with Gasteiger partial charge in [-0.15, -0.1) is 0 Å². The normalized spacial score (nSPS) is 11.9. The molecule has 118 heavy (non-hydrogen) atoms. The first-order valence-corrected chi connectivity index (χ1v) is 39.8. The first-order chi connectivity index (χ1) is 58.4. The number of benzene rings is 18. The molecule has 0 saturated heterocycles. The lowest BCUT2D eigenvalue weighted by Gasteiger charge is -2.14. The van der Waals surface area contributed by atoms with Crippen molar-refractivity contribution in [3.05, 3.63) is 388 Å². The van der Waals surface area contributed by atoms with Gasteiger partial charge in [-0.05, 0) is 180 Å². The van der Waals surface area contributed by atoms with Crippen LogP contribution in [0.1, 0.15) is 0 Å². The van der Waals surface area contributed by atoms with Crippen LogP contribution in [0.25, 0.3) is 244 Å². The Kier molecular flexibility index (Phi) is 15.1. The molecule has 24 rings (SSSR count). The van der Waals surface area contributed by atoms with Crippen LogP contribution in [0.5, 0.6) is 0 Å². The van der Waals surface area contributed by atoms with Gasteiger partial charge in [-0.2, -0.15) is 0 Å². The molecule has 0 amide bonds. The van der Waals surface area contributed by atoms with Crippen LogP contribution in [0.15, 0.2) is 397 Å². The molecule has 24 aromatic rings. The quantitative estimate of drug-likeness (QED) is 0.119. The van der Waals surface area contributed by atoms with Crippen molar-refractivity contribution in [1.29, 1.82) is 0 Å². The lowest BCUT2D eigenvalue weighted by Crippen LogP contribution is -2.02. The number of nitrogens with zero attached hydrogens (tertiary/aromatic N) is 8. The highest BCUT2D eigenvalue weighted by atomic mass is 16.3. The maximum atomic E-state index is 6.88. The van der Waals surface area contributed by atoms with Crippen LogP contribution in [-0.4, -0.2) is 39.0 Å². The Morgan fingerprint density at radius 2 is 0.466 bits per heavy atom. The zero-order valence-corrected chi connectivity index (χ0v) is 63.3. The average Bonchev–Trinajstić information content (AvgIpc) is 1.56. The molecule has 0 aliphatic carbocycles. The summed E-state index contributed by atoms with van der Waals surface area (Å²) in [5.74, 6) is 3.24. The van der Waals surface area contributed by atoms with Crippen molar-refractivity contribution in [1.82, 2.24) is 39.0 Å². The largest absolute Gasteiger partial charge is 0.456 e. The van der Waals surface area contributed by atoms with Crippen molar-refractivity contribution < 1.29 is 8.83 Å². The van der Waals surface area contributed by atoms with Crippen LogP contribution in [-0.2, 0) is 0 Å². The molecular formula is C108H64N8O2. The molecule has 0 spiro atoms. The van der Waals surface area contributed by atoms with Crippen molar-refractivity contribution in [2.75, 3.05) is 0 Å². The van der Waals surface area contributed by atoms with E-state index in [4.69, 9.17) is 38.7 Å². The van der Waals surface area contributed by atoms with Gasteiger partial charge in [0.1, 0.15) is 22.3 Å². The lowest BCUT2D eigenvalue weighted by molar-refractivity contribution is 0.668. The van der Waals surface area contributed by atoms with Crippen LogP contribution >= 0.6 is 0 Å². The number of rotatable bonds is 12. The Morgan fingerprint density at radius 3 is 0.924 bits per heavy atom. The number of fused-ring (bicyclic) bond motifs is 15. The molecule has 10 heteroatoms. The lowest BCUT2D eigenvalue weighted by atomic mass is 9.95. The molecule has 0 aliphatic heterocycles. The molecule has 10 nitrogen and oxygen atoms in total. The highest BCUT2D eigenvalue weighted by molar-refractivity contribution is 6.19. The summed E-state index contributed by atoms with van der Waals surface area (Å²) >= 11 is 0. The maximum absolute atomic E-state index is 6.88. The minimum atomic E-state index is 0.519. The fourth-order valence-electron chi connectivity index (χ4n) is 17.8. The third kappa shape index (κ3) is 11.2. The third-order valence-electron chi connectivity index (χ3n) is 23.5. The van der Waals surface area contributed by atoms with Gasteiger partial charge in [0.2, 0.25) is 0 Å². The molecule has 0 atom stereocenters. The van der Waals surface area contributed by atoms with Crippen molar-refractivity contribution >= 4 is 120 Å². The molecule has 0 radical (unpaired) electrons. The third-order valence-corrected chi connectivity index (χ3v) is 23.5. The highest BCUT2D eigenvalue weighted by Gasteiger charge is 2.26. The van der Waals surface area contributed by atoms with Crippen molar-refractivity contribution in [3.8, 4) is 124 Å². The molecule has 18 aromatic carbocycles. The summed E-state index contributed by atoms with van der Waals surface area (Å²) in [6.07, 6.45) is 0. The van der Waals surface area contributed by atoms with E-state index in [-0.39, 0.29) is 0 Å². The predicted molar refractivity (Wildman–Crippen MR) is 483 cm³/mol. The Morgan fingerprint density at radius 1 is 0.161 bits per heavy atom. The van der Waals surface area contributed by atoms with Gasteiger partial charge >= 0.3 is 0 Å². The van der Waals surface area contributed by atoms with E-state index in [0.717, 1.165) is 188 Å². The van der Waals surface area contributed by atoms with E-state index >= 15 is 0 Å². The molecule has 0 bridgehead atoms. The minimum absolute atomic E-state index is 0.519. The molecular weight excluding hydrogens is 1440 g/mol. The fraction of sp³-hybridized carbons (Fsp3) is 0. The smallest absolute Gasteiger partial charge is 0.164 e. The summed E-state index contributed by atoms with van der Waals surface area (Å²) < 4.78 is 18.5. The van der Waals surface area contributed by atoms with Gasteiger partial charge in [-0.3, -0.25) is 0 Å². The summed E-state index contributed by atoms with van der Waals surface area (Å²) in [5, 5.41) is 15.7. The van der Waals surface area contributed by atoms with E-state index in [1.807, 2.05) is 30.3 Å². The van der Waals surface area contributed by atoms with E-state index in [9.17, 15) is 0 Å². The maximum Gasteiger partial charge on any atom is 0.164 e. The van der Waals surface area contributed by atoms with Gasteiger partial charge in [0.25, 0.3) is 0 Å². The van der Waals surface area contributed by atoms with Crippen LogP contribution in [0.2, 0.25) is 0 Å². The molecule has 0 unspecified atom stereocenters. The second-order valence-corrected chi connectivity index (χ2v) is 30.5. The Bertz CT molecular complexity index is 8280. The van der Waals surface area contributed by atoms with Crippen molar-refractivity contribution in [2.45, 2.75) is 0 Å². The van der Waals surface area contributed by atoms with E-state index in [2.05, 4.69) is 367 Å². The summed E-state index contributed by atoms with van der Waals surface area (Å²) in [4.78, 5) is 32.5. The molecule has 6 aromatic heterocycles. The van der Waals surface area contributed by atoms with Crippen LogP contribution in [0.3, 0.4) is 0 Å². The standard InChI is InChI=1S/C108H64N8O2/c1-2-22-65(23-3-1)71-31-20-36-80(54-71)104-109-103(110-107(112-104)83-61-95(101-87-40-12-16-44-97(87)117-99(101)63-83)115-91-42-14-10-38-85(91)89-57-76-26-6-8-28-78(76)59-93(89)115)68-49-46-67(47-50-68)70-30-18-32-72(52-70)73-33-19-34-74(53-73)75-35-21-37-81(56-75)105-111-106(82-51-48-66-24-4-5-25-69(66)55-82)114-108(113-105)84-62-96(102-88-41-13-17-45-98(88)118-100(102)64-84)116-92-43-15-11-39-86(92)90-58-77-27-7-9-29-79(77)60-94(90)116/h1-64H. The second kappa shape index (κ2) is 26.8. The molecule has 0 saturated carbocycles. The Hall–Kier alpha value is -16.0. The number of para-hydroxylation sites is 4. The van der Waals surface area contributed by atoms with Gasteiger partial charge in [0.15, 0.2) is 34.9 Å². The summed E-state index contributed by atoms with van der Waals surface area (Å²) in [6.45, 7) is 0. The number of furan rings is 2. The first-order valence-electron chi connectivity index (χ1n) is 39.8. The van der Waals surface area contributed by atoms with Gasteiger partial charge in [0, 0.05) is 65.7 Å². The SMILES string of the molecule is c1ccc(-c2cccc(-c3nc(-c4ccc(-c5cccc(-c6cccc(-c7cccc(-c8nc(-c9ccc%10ccccc%10c9)nc(-c9cc(-n%10c%11ccccc%11c%11cc%12ccccc%12cc%11%10)c%10c(c9)oc9ccccc9%10)n8)c7)c6)c5)cc4)nc(-c4cc(-n5c6ccccc6c6cc7ccccc7cc65)c5c(c4)oc4ccccc45)n3)c2)cc1. The molecule has 0 aliphatic rings. The fourth-order valence-corrected chi connectivity index (χ4v) is 17.8. The van der Waals surface area contributed by atoms with Crippen LogP contribution < -0.4 is 0 Å². The van der Waals surface area contributed by atoms with Crippen molar-refractivity contribution in [2.24, 2.45) is 0 Å². The summed E-state index contributed by atoms with van der Waals surface area (Å²) in [7, 11) is 0. The average molecular weight is 1510 g/mol. The monoisotopic (exact) mass is 1500 g/mol. The zero-order valence-electron chi connectivity index (χ0n) is 63.3. The van der Waals surface area contributed by atoms with E-state index in [1.54, 1.807) is 0 Å². The van der Waals surface area contributed by atoms with E-state index < -0.39 is 0 Å². The zero-order chi connectivity index (χ0) is 77.5. The minimum Gasteiger partial charge on any atom is -0.456 e. The summed E-state index contributed by atoms with van der Waals surface area (Å²) in [6, 6.07) is 137. The van der Waals surface area contributed by atoms with Crippen molar-refractivity contribution in [3.63, 3.8) is 0 Å². The van der Waals surface area contributed by atoms with Gasteiger partial charge < -0.3 is 18.0 Å². The van der Waals surface area contributed by atoms with Gasteiger partial charge in [0.05, 0.1) is 44.2 Å². The molecule has 548 valence electrons. The molecule has 0 N–H and O–H groups in total. The van der Waals surface area contributed by atoms with Crippen LogP contribution in [0.4, 0.5) is 0 Å². The molecule has 6 heterocycles. The van der Waals surface area contributed by atoms with Gasteiger partial charge in [-0.25, -0.2) is 29.9 Å². The predicted octanol–water partition coefficient (Wildman–Crippen LogP) is 28.2. The second-order valence-electron chi connectivity index (χ2n) is 30.5. The number of hydrogen-bond acceptors (Lipinski definition) is 8. The van der Waals surface area contributed by atoms with Crippen LogP contribution in [0, 0.1) is 0 Å². The Labute approximate surface area is 675 Å². The Balaban J connectivity index is 0.594. The topological polar surface area (TPSA) is 113 Å². The number of hydrogen-bond donors (Lipinski definition) is 0. The van der Waals surface area contributed by atoms with E-state index in [1.165, 1.54) is 21.5 Å². The number of aromatic nitrogens is 8. The van der Waals surface area contributed by atoms with E-state index in [0.29, 0.717) is 34.9 Å². The highest BCUT2D eigenvalue weighted by Crippen LogP contribution is 2.46. The molecule has 0 fully saturated rings. The first kappa shape index (κ1) is 66.6.